The molecule has 3 aromatic rings. The Kier molecular flexibility index (Phi) is 9.73. The van der Waals surface area contributed by atoms with Crippen molar-refractivity contribution in [3.8, 4) is 5.75 Å². The summed E-state index contributed by atoms with van der Waals surface area (Å²) in [4.78, 5) is 34.7. The summed E-state index contributed by atoms with van der Waals surface area (Å²) in [5, 5.41) is 15.5. The smallest absolute Gasteiger partial charge is 0.663 e. The van der Waals surface area contributed by atoms with Crippen LogP contribution in [-0.2, 0) is 0 Å². The first-order valence-electron chi connectivity index (χ1n) is 6.99. The van der Waals surface area contributed by atoms with Crippen molar-refractivity contribution in [2.75, 3.05) is 10.6 Å². The first kappa shape index (κ1) is 24.0. The Morgan fingerprint density at radius 1 is 0.846 bits per heavy atom. The van der Waals surface area contributed by atoms with E-state index >= 15 is 0 Å². The van der Waals surface area contributed by atoms with Crippen LogP contribution in [0.1, 0.15) is 10.4 Å². The third kappa shape index (κ3) is 5.08. The molecule has 0 aliphatic heterocycles. The molecular formula is C17H12N3O4Rb2+. The van der Waals surface area contributed by atoms with Gasteiger partial charge in [0.05, 0.1) is 11.6 Å². The average molecular weight is 493 g/mol. The van der Waals surface area contributed by atoms with Gasteiger partial charge in [0.15, 0.2) is 0 Å². The van der Waals surface area contributed by atoms with Crippen molar-refractivity contribution in [2.45, 2.75) is 0 Å². The van der Waals surface area contributed by atoms with Gasteiger partial charge in [-0.1, -0.05) is 24.3 Å². The number of benzene rings is 2. The van der Waals surface area contributed by atoms with E-state index in [2.05, 4.69) is 10.6 Å². The number of nitrogens with one attached hydrogen (secondary N) is 3. The van der Waals surface area contributed by atoms with Gasteiger partial charge in [0.2, 0.25) is 0 Å². The number of amides is 1. The third-order valence-corrected chi connectivity index (χ3v) is 3.49. The predicted molar refractivity (Wildman–Crippen MR) is 91.1 cm³/mol. The van der Waals surface area contributed by atoms with Crippen molar-refractivity contribution in [3.63, 3.8) is 0 Å². The summed E-state index contributed by atoms with van der Waals surface area (Å²) in [7, 11) is 0. The van der Waals surface area contributed by atoms with E-state index in [-0.39, 0.29) is 139 Å². The van der Waals surface area contributed by atoms with Crippen molar-refractivity contribution < 1.29 is 126 Å². The first-order chi connectivity index (χ1) is 11.5. The summed E-state index contributed by atoms with van der Waals surface area (Å²) in [5.74, 6) is -1.50. The molecule has 3 aromatic carbocycles. The molecule has 1 amide bonds. The van der Waals surface area contributed by atoms with Gasteiger partial charge in [-0.15, -0.1) is 0 Å². The van der Waals surface area contributed by atoms with Gasteiger partial charge in [-0.25, -0.2) is 0 Å². The summed E-state index contributed by atoms with van der Waals surface area (Å²) in [6.07, 6.45) is 0. The van der Waals surface area contributed by atoms with E-state index in [9.17, 15) is 19.5 Å². The van der Waals surface area contributed by atoms with Gasteiger partial charge < -0.3 is 26.3 Å². The second-order valence-corrected chi connectivity index (χ2v) is 5.06. The SMILES string of the molecule is [NH-]C(=O)c1cccc(Nc2c(Nc3ccccc3)c(=O)c2=O)c1O.[Rb+].[Rb+]. The number of anilines is 4. The zero-order chi connectivity index (χ0) is 17.3. The second-order valence-electron chi connectivity index (χ2n) is 5.06. The number of phenols is 1. The normalized spacial score (nSPS) is 9.69. The second kappa shape index (κ2) is 10.5. The van der Waals surface area contributed by atoms with E-state index < -0.39 is 22.5 Å². The number of hydrogen-bond donors (Lipinski definition) is 3. The van der Waals surface area contributed by atoms with Crippen molar-refractivity contribution >= 4 is 28.7 Å². The Morgan fingerprint density at radius 2 is 1.42 bits per heavy atom. The quantitative estimate of drug-likeness (QED) is 0.253. The van der Waals surface area contributed by atoms with Crippen LogP contribution < -0.4 is 138 Å². The van der Waals surface area contributed by atoms with Gasteiger partial charge in [0, 0.05) is 11.3 Å². The van der Waals surface area contributed by atoms with Gasteiger partial charge in [-0.3, -0.25) is 9.59 Å². The largest absolute Gasteiger partial charge is 1.00 e. The predicted octanol–water partition coefficient (Wildman–Crippen LogP) is -3.32. The Bertz CT molecular complexity index is 999. The number of carbonyl (C=O) groups excluding carboxylic acids is 1. The Labute approximate surface area is 246 Å². The molecule has 9 heteroatoms. The molecule has 0 fully saturated rings. The molecule has 3 rings (SSSR count). The number of rotatable bonds is 5. The topological polar surface area (TPSA) is 119 Å². The molecule has 0 bridgehead atoms. The minimum Gasteiger partial charge on any atom is -0.663 e. The fourth-order valence-electron chi connectivity index (χ4n) is 2.26. The molecule has 7 nitrogen and oxygen atoms in total. The maximum atomic E-state index is 11.8. The summed E-state index contributed by atoms with van der Waals surface area (Å²) in [5.41, 5.74) is 6.26. The summed E-state index contributed by atoms with van der Waals surface area (Å²) in [6, 6.07) is 13.0. The molecular weight excluding hydrogens is 481 g/mol. The van der Waals surface area contributed by atoms with Crippen LogP contribution in [0.3, 0.4) is 0 Å². The molecule has 0 heterocycles. The zero-order valence-corrected chi connectivity index (χ0v) is 24.1. The molecule has 0 atom stereocenters. The summed E-state index contributed by atoms with van der Waals surface area (Å²) in [6.45, 7) is 0. The van der Waals surface area contributed by atoms with Gasteiger partial charge in [0.1, 0.15) is 17.1 Å². The fraction of sp³-hybridized carbons (Fsp3) is 0. The maximum absolute atomic E-state index is 11.8. The minimum absolute atomic E-state index is 0. The molecule has 120 valence electrons. The summed E-state index contributed by atoms with van der Waals surface area (Å²) < 4.78 is 0. The summed E-state index contributed by atoms with van der Waals surface area (Å²) >= 11 is 0. The Balaban J connectivity index is 0.00000169. The van der Waals surface area contributed by atoms with Crippen LogP contribution in [0.5, 0.6) is 5.75 Å². The molecule has 4 N–H and O–H groups in total. The van der Waals surface area contributed by atoms with E-state index in [1.165, 1.54) is 18.2 Å². The van der Waals surface area contributed by atoms with E-state index in [0.29, 0.717) is 5.69 Å². The van der Waals surface area contributed by atoms with Gasteiger partial charge in [-0.2, -0.15) is 0 Å². The van der Waals surface area contributed by atoms with Crippen LogP contribution >= 0.6 is 0 Å². The van der Waals surface area contributed by atoms with Crippen LogP contribution in [0.15, 0.2) is 58.1 Å². The van der Waals surface area contributed by atoms with E-state index in [1.54, 1.807) is 24.3 Å². The van der Waals surface area contributed by atoms with Crippen LogP contribution in [0.25, 0.3) is 5.73 Å². The molecule has 0 unspecified atom stereocenters. The Morgan fingerprint density at radius 3 is 2.00 bits per heavy atom. The van der Waals surface area contributed by atoms with Crippen LogP contribution in [0.4, 0.5) is 22.7 Å². The first-order valence-corrected chi connectivity index (χ1v) is 6.99. The van der Waals surface area contributed by atoms with Crippen molar-refractivity contribution in [3.05, 3.63) is 80.3 Å². The average Bonchev–Trinajstić information content (AvgIpc) is 2.59. The maximum Gasteiger partial charge on any atom is 1.00 e. The van der Waals surface area contributed by atoms with Crippen LogP contribution in [0.2, 0.25) is 0 Å². The van der Waals surface area contributed by atoms with E-state index in [1.807, 2.05) is 6.07 Å². The molecule has 26 heavy (non-hydrogen) atoms. The standard InChI is InChI=1S/C17H13N3O4.2Rb/c18-17(24)10-7-4-8-11(14(10)21)20-13-12(15(22)16(13)23)19-9-5-2-1-3-6-9;;/h1-8H,(H5,18,19,20,21,22,23,24);;/q;2*+1/p-1. The van der Waals surface area contributed by atoms with Gasteiger partial charge in [-0.05, 0) is 24.3 Å². The van der Waals surface area contributed by atoms with E-state index in [0.717, 1.165) is 0 Å². The van der Waals surface area contributed by atoms with Crippen molar-refractivity contribution in [1.29, 1.82) is 0 Å². The zero-order valence-electron chi connectivity index (χ0n) is 14.3. The minimum atomic E-state index is -1.05. The van der Waals surface area contributed by atoms with Gasteiger partial charge >= 0.3 is 116 Å². The molecule has 0 spiro atoms. The fourth-order valence-corrected chi connectivity index (χ4v) is 2.26. The van der Waals surface area contributed by atoms with Crippen LogP contribution in [0, 0.1) is 0 Å². The van der Waals surface area contributed by atoms with E-state index in [4.69, 9.17) is 5.73 Å². The van der Waals surface area contributed by atoms with Gasteiger partial charge in [0.25, 0.3) is 10.9 Å². The molecule has 0 radical (unpaired) electrons. The van der Waals surface area contributed by atoms with Crippen molar-refractivity contribution in [1.82, 2.24) is 0 Å². The molecule has 0 aromatic heterocycles. The van der Waals surface area contributed by atoms with Crippen molar-refractivity contribution in [2.24, 2.45) is 0 Å². The molecule has 0 aliphatic carbocycles. The monoisotopic (exact) mass is 492 g/mol. The van der Waals surface area contributed by atoms with Crippen LogP contribution in [-0.4, -0.2) is 11.0 Å². The number of para-hydroxylation sites is 2. The number of aromatic hydroxyl groups is 1. The molecule has 0 aliphatic rings. The Hall–Kier alpha value is 0.000390. The number of carbonyl (C=O) groups is 1. The number of hydrogen-bond acceptors (Lipinski definition) is 6. The third-order valence-electron chi connectivity index (χ3n) is 3.49. The molecule has 0 saturated carbocycles. The molecule has 0 saturated heterocycles. The number of phenolic OH excluding ortho intramolecular Hbond substituents is 1.